The van der Waals surface area contributed by atoms with Crippen molar-refractivity contribution in [1.29, 1.82) is 0 Å². The van der Waals surface area contributed by atoms with E-state index in [1.54, 1.807) is 21.6 Å². The minimum atomic E-state index is -0.640. The monoisotopic (exact) mass is 218 g/mol. The second kappa shape index (κ2) is 4.51. The van der Waals surface area contributed by atoms with Crippen LogP contribution in [0.1, 0.15) is 26.7 Å². The van der Waals surface area contributed by atoms with Crippen molar-refractivity contribution in [2.75, 3.05) is 11.5 Å². The number of ketones is 2. The Morgan fingerprint density at radius 1 is 1.08 bits per heavy atom. The van der Waals surface area contributed by atoms with Gasteiger partial charge in [0.15, 0.2) is 0 Å². The summed E-state index contributed by atoms with van der Waals surface area (Å²) in [5.74, 6) is 1.60. The molecule has 4 heteroatoms. The van der Waals surface area contributed by atoms with E-state index >= 15 is 0 Å². The lowest BCUT2D eigenvalue weighted by atomic mass is 9.80. The van der Waals surface area contributed by atoms with Crippen molar-refractivity contribution in [3.05, 3.63) is 0 Å². The van der Waals surface area contributed by atoms with Crippen LogP contribution in [0.2, 0.25) is 0 Å². The van der Waals surface area contributed by atoms with E-state index < -0.39 is 5.41 Å². The maximum absolute atomic E-state index is 11.7. The molecule has 0 aromatic carbocycles. The summed E-state index contributed by atoms with van der Waals surface area (Å²) in [5.41, 5.74) is -0.640. The van der Waals surface area contributed by atoms with Crippen LogP contribution in [0.15, 0.2) is 0 Å². The fraction of sp³-hybridized carbons (Fsp3) is 0.778. The number of carbonyl (C=O) groups is 2. The summed E-state index contributed by atoms with van der Waals surface area (Å²) < 4.78 is 0. The molecule has 1 fully saturated rings. The zero-order valence-corrected chi connectivity index (χ0v) is 9.59. The lowest BCUT2D eigenvalue weighted by Crippen LogP contribution is -2.41. The average Bonchev–Trinajstić information content (AvgIpc) is 2.65. The standard InChI is InChI=1S/C9H14O2S2/c1-3-7(10)9(8(11)4-2)5-12-13-6-9/h3-6H2,1-2H3. The Bertz CT molecular complexity index is 202. The second-order valence-corrected chi connectivity index (χ2v) is 5.62. The molecule has 0 amide bonds. The first-order valence-electron chi connectivity index (χ1n) is 4.48. The van der Waals surface area contributed by atoms with Crippen LogP contribution in [0.4, 0.5) is 0 Å². The summed E-state index contributed by atoms with van der Waals surface area (Å²) in [7, 11) is 3.29. The van der Waals surface area contributed by atoms with Gasteiger partial charge in [-0.3, -0.25) is 9.59 Å². The van der Waals surface area contributed by atoms with Crippen LogP contribution in [-0.4, -0.2) is 23.1 Å². The summed E-state index contributed by atoms with van der Waals surface area (Å²) in [6.07, 6.45) is 0.958. The summed E-state index contributed by atoms with van der Waals surface area (Å²) in [5, 5.41) is 0. The number of rotatable bonds is 4. The third kappa shape index (κ3) is 1.94. The number of carbonyl (C=O) groups excluding carboxylic acids is 2. The largest absolute Gasteiger partial charge is 0.299 e. The highest BCUT2D eigenvalue weighted by atomic mass is 33.1. The molecule has 0 bridgehead atoms. The first-order valence-corrected chi connectivity index (χ1v) is 6.97. The van der Waals surface area contributed by atoms with Crippen molar-refractivity contribution < 1.29 is 9.59 Å². The molecule has 0 aromatic rings. The summed E-state index contributed by atoms with van der Waals surface area (Å²) >= 11 is 0. The van der Waals surface area contributed by atoms with Gasteiger partial charge in [0.2, 0.25) is 0 Å². The van der Waals surface area contributed by atoms with E-state index in [1.165, 1.54) is 0 Å². The number of hydrogen-bond donors (Lipinski definition) is 0. The highest BCUT2D eigenvalue weighted by Crippen LogP contribution is 2.45. The van der Waals surface area contributed by atoms with E-state index in [0.717, 1.165) is 0 Å². The molecule has 0 aliphatic carbocycles. The molecule has 1 aliphatic heterocycles. The molecule has 0 unspecified atom stereocenters. The molecule has 0 N–H and O–H groups in total. The first kappa shape index (κ1) is 11.1. The van der Waals surface area contributed by atoms with Gasteiger partial charge in [0, 0.05) is 24.3 Å². The summed E-state index contributed by atoms with van der Waals surface area (Å²) in [6.45, 7) is 3.67. The molecule has 0 spiro atoms. The zero-order chi connectivity index (χ0) is 9.90. The van der Waals surface area contributed by atoms with E-state index in [0.29, 0.717) is 24.3 Å². The van der Waals surface area contributed by atoms with Crippen LogP contribution in [0, 0.1) is 5.41 Å². The molecule has 0 radical (unpaired) electrons. The normalized spacial score (nSPS) is 20.2. The van der Waals surface area contributed by atoms with Crippen LogP contribution < -0.4 is 0 Å². The predicted octanol–water partition coefficient (Wildman–Crippen LogP) is 2.33. The van der Waals surface area contributed by atoms with Gasteiger partial charge in [-0.05, 0) is 0 Å². The third-order valence-corrected chi connectivity index (χ3v) is 5.00. The zero-order valence-electron chi connectivity index (χ0n) is 7.96. The van der Waals surface area contributed by atoms with Crippen LogP contribution in [0.25, 0.3) is 0 Å². The summed E-state index contributed by atoms with van der Waals surface area (Å²) in [4.78, 5) is 23.4. The molecular formula is C9H14O2S2. The molecule has 74 valence electrons. The lowest BCUT2D eigenvalue weighted by Gasteiger charge is -2.22. The van der Waals surface area contributed by atoms with Crippen LogP contribution in [0.3, 0.4) is 0 Å². The molecule has 1 saturated heterocycles. The Morgan fingerprint density at radius 2 is 1.46 bits per heavy atom. The van der Waals surface area contributed by atoms with Crippen molar-refractivity contribution in [2.45, 2.75) is 26.7 Å². The first-order chi connectivity index (χ1) is 6.17. The van der Waals surface area contributed by atoms with E-state index in [4.69, 9.17) is 0 Å². The van der Waals surface area contributed by atoms with Crippen molar-refractivity contribution in [2.24, 2.45) is 5.41 Å². The van der Waals surface area contributed by atoms with E-state index in [2.05, 4.69) is 0 Å². The summed E-state index contributed by atoms with van der Waals surface area (Å²) in [6, 6.07) is 0. The predicted molar refractivity (Wildman–Crippen MR) is 57.9 cm³/mol. The van der Waals surface area contributed by atoms with E-state index in [1.807, 2.05) is 13.8 Å². The smallest absolute Gasteiger partial charge is 0.147 e. The van der Waals surface area contributed by atoms with Crippen LogP contribution in [-0.2, 0) is 9.59 Å². The Hall–Kier alpha value is 0.0400. The average molecular weight is 218 g/mol. The van der Waals surface area contributed by atoms with Gasteiger partial charge in [-0.25, -0.2) is 0 Å². The van der Waals surface area contributed by atoms with E-state index in [9.17, 15) is 9.59 Å². The van der Waals surface area contributed by atoms with Gasteiger partial charge in [-0.1, -0.05) is 35.4 Å². The molecule has 0 saturated carbocycles. The Morgan fingerprint density at radius 3 is 1.77 bits per heavy atom. The van der Waals surface area contributed by atoms with Crippen molar-refractivity contribution in [3.63, 3.8) is 0 Å². The fourth-order valence-electron chi connectivity index (χ4n) is 1.48. The Balaban J connectivity index is 2.86. The van der Waals surface area contributed by atoms with Gasteiger partial charge in [-0.15, -0.1) is 0 Å². The highest BCUT2D eigenvalue weighted by Gasteiger charge is 2.46. The molecule has 13 heavy (non-hydrogen) atoms. The quantitative estimate of drug-likeness (QED) is 0.536. The van der Waals surface area contributed by atoms with Crippen LogP contribution in [0.5, 0.6) is 0 Å². The molecule has 1 aliphatic rings. The van der Waals surface area contributed by atoms with E-state index in [-0.39, 0.29) is 11.6 Å². The van der Waals surface area contributed by atoms with Crippen molar-refractivity contribution in [3.8, 4) is 0 Å². The number of Topliss-reactive ketones (excluding diaryl/α,β-unsaturated/α-hetero) is 2. The van der Waals surface area contributed by atoms with Crippen molar-refractivity contribution >= 4 is 33.2 Å². The Kier molecular flexibility index (Phi) is 3.86. The van der Waals surface area contributed by atoms with Gasteiger partial charge in [-0.2, -0.15) is 0 Å². The molecular weight excluding hydrogens is 204 g/mol. The molecule has 1 rings (SSSR count). The topological polar surface area (TPSA) is 34.1 Å². The minimum Gasteiger partial charge on any atom is -0.299 e. The van der Waals surface area contributed by atoms with Crippen molar-refractivity contribution in [1.82, 2.24) is 0 Å². The molecule has 0 atom stereocenters. The SMILES string of the molecule is CCC(=O)C1(C(=O)CC)CSSC1. The van der Waals surface area contributed by atoms with Gasteiger partial charge < -0.3 is 0 Å². The molecule has 0 aromatic heterocycles. The fourth-order valence-corrected chi connectivity index (χ4v) is 4.73. The third-order valence-electron chi connectivity index (χ3n) is 2.40. The minimum absolute atomic E-state index is 0.122. The van der Waals surface area contributed by atoms with Gasteiger partial charge in [0.25, 0.3) is 0 Å². The maximum atomic E-state index is 11.7. The molecule has 1 heterocycles. The van der Waals surface area contributed by atoms with Gasteiger partial charge in [0.1, 0.15) is 17.0 Å². The molecule has 2 nitrogen and oxygen atoms in total. The second-order valence-electron chi connectivity index (χ2n) is 3.16. The van der Waals surface area contributed by atoms with Gasteiger partial charge in [0.05, 0.1) is 0 Å². The van der Waals surface area contributed by atoms with Gasteiger partial charge >= 0.3 is 0 Å². The lowest BCUT2D eigenvalue weighted by molar-refractivity contribution is -0.137. The van der Waals surface area contributed by atoms with Crippen LogP contribution >= 0.6 is 21.6 Å². The Labute approximate surface area is 86.6 Å². The number of hydrogen-bond acceptors (Lipinski definition) is 4. The highest BCUT2D eigenvalue weighted by molar-refractivity contribution is 8.77. The maximum Gasteiger partial charge on any atom is 0.147 e.